The van der Waals surface area contributed by atoms with Gasteiger partial charge in [-0.05, 0) is 37.0 Å². The van der Waals surface area contributed by atoms with E-state index in [0.717, 1.165) is 12.0 Å². The summed E-state index contributed by atoms with van der Waals surface area (Å²) in [5.74, 6) is 3.04. The lowest BCUT2D eigenvalue weighted by Gasteiger charge is -2.14. The first-order valence-corrected chi connectivity index (χ1v) is 7.30. The number of amides is 1. The smallest absolute Gasteiger partial charge is 0.422 e. The van der Waals surface area contributed by atoms with Gasteiger partial charge in [0.2, 0.25) is 0 Å². The molecule has 0 spiro atoms. The van der Waals surface area contributed by atoms with E-state index >= 15 is 0 Å². The maximum Gasteiger partial charge on any atom is 0.422 e. The van der Waals surface area contributed by atoms with Crippen LogP contribution >= 0.6 is 0 Å². The standard InChI is InChI=1S/C19H17NO2/c1-15-7-9-16(10-8-15)11-12-20-18(14-22-19(20)21)13-17-5-3-2-4-6-17/h2-10,18H,13-14H2,1H3/t18-/m0/s1. The summed E-state index contributed by atoms with van der Waals surface area (Å²) in [6.45, 7) is 2.42. The summed E-state index contributed by atoms with van der Waals surface area (Å²) in [5.41, 5.74) is 3.25. The van der Waals surface area contributed by atoms with Crippen molar-refractivity contribution < 1.29 is 9.53 Å². The van der Waals surface area contributed by atoms with E-state index in [1.54, 1.807) is 0 Å². The van der Waals surface area contributed by atoms with Crippen LogP contribution in [0.2, 0.25) is 0 Å². The van der Waals surface area contributed by atoms with E-state index in [1.807, 2.05) is 61.5 Å². The molecule has 0 radical (unpaired) electrons. The molecule has 2 aromatic carbocycles. The normalized spacial score (nSPS) is 16.9. The van der Waals surface area contributed by atoms with Crippen molar-refractivity contribution in [1.29, 1.82) is 0 Å². The average molecular weight is 291 g/mol. The Labute approximate surface area is 130 Å². The number of benzene rings is 2. The first-order chi connectivity index (χ1) is 10.7. The summed E-state index contributed by atoms with van der Waals surface area (Å²) in [4.78, 5) is 13.4. The number of hydrogen-bond donors (Lipinski definition) is 0. The molecular formula is C19H17NO2. The highest BCUT2D eigenvalue weighted by Crippen LogP contribution is 2.16. The fourth-order valence-electron chi connectivity index (χ4n) is 2.40. The van der Waals surface area contributed by atoms with Gasteiger partial charge in [0.05, 0.1) is 6.04 Å². The largest absolute Gasteiger partial charge is 0.446 e. The van der Waals surface area contributed by atoms with Crippen LogP contribution in [-0.2, 0) is 11.2 Å². The minimum absolute atomic E-state index is 0.0344. The van der Waals surface area contributed by atoms with E-state index in [0.29, 0.717) is 6.61 Å². The van der Waals surface area contributed by atoms with Crippen molar-refractivity contribution in [3.8, 4) is 12.0 Å². The Bertz CT molecular complexity index is 711. The van der Waals surface area contributed by atoms with E-state index in [-0.39, 0.29) is 12.1 Å². The maximum absolute atomic E-state index is 11.9. The van der Waals surface area contributed by atoms with Gasteiger partial charge in [-0.25, -0.2) is 9.69 Å². The van der Waals surface area contributed by atoms with Crippen molar-refractivity contribution in [3.63, 3.8) is 0 Å². The van der Waals surface area contributed by atoms with Gasteiger partial charge in [0.15, 0.2) is 0 Å². The molecule has 1 heterocycles. The number of aryl methyl sites for hydroxylation is 1. The quantitative estimate of drug-likeness (QED) is 0.794. The molecule has 2 aromatic rings. The van der Waals surface area contributed by atoms with Crippen molar-refractivity contribution in [2.75, 3.05) is 6.61 Å². The molecule has 3 nitrogen and oxygen atoms in total. The first-order valence-electron chi connectivity index (χ1n) is 7.30. The molecule has 0 aromatic heterocycles. The number of rotatable bonds is 2. The van der Waals surface area contributed by atoms with Gasteiger partial charge in [-0.15, -0.1) is 0 Å². The zero-order chi connectivity index (χ0) is 15.4. The van der Waals surface area contributed by atoms with Crippen molar-refractivity contribution in [2.45, 2.75) is 19.4 Å². The van der Waals surface area contributed by atoms with Crippen LogP contribution in [0.5, 0.6) is 0 Å². The Morgan fingerprint density at radius 1 is 1.14 bits per heavy atom. The van der Waals surface area contributed by atoms with Gasteiger partial charge in [-0.1, -0.05) is 48.0 Å². The van der Waals surface area contributed by atoms with Gasteiger partial charge in [0, 0.05) is 11.6 Å². The zero-order valence-electron chi connectivity index (χ0n) is 12.5. The van der Waals surface area contributed by atoms with Gasteiger partial charge in [-0.3, -0.25) is 0 Å². The molecule has 1 amide bonds. The molecule has 0 aliphatic carbocycles. The van der Waals surface area contributed by atoms with Crippen LogP contribution in [0, 0.1) is 18.9 Å². The lowest BCUT2D eigenvalue weighted by atomic mass is 10.1. The second-order valence-electron chi connectivity index (χ2n) is 5.39. The maximum atomic E-state index is 11.9. The lowest BCUT2D eigenvalue weighted by Crippen LogP contribution is -2.30. The van der Waals surface area contributed by atoms with Gasteiger partial charge in [-0.2, -0.15) is 0 Å². The number of ether oxygens (including phenoxy) is 1. The molecule has 1 fully saturated rings. The highest BCUT2D eigenvalue weighted by Gasteiger charge is 2.32. The molecule has 1 saturated heterocycles. The molecule has 110 valence electrons. The van der Waals surface area contributed by atoms with Crippen LogP contribution in [0.25, 0.3) is 0 Å². The Morgan fingerprint density at radius 2 is 1.86 bits per heavy atom. The first kappa shape index (κ1) is 14.2. The van der Waals surface area contributed by atoms with Crippen LogP contribution in [0.3, 0.4) is 0 Å². The second-order valence-corrected chi connectivity index (χ2v) is 5.39. The third kappa shape index (κ3) is 3.29. The van der Waals surface area contributed by atoms with E-state index in [1.165, 1.54) is 16.0 Å². The number of carbonyl (C=O) groups excluding carboxylic acids is 1. The van der Waals surface area contributed by atoms with Crippen LogP contribution in [-0.4, -0.2) is 23.6 Å². The molecule has 1 atom stereocenters. The van der Waals surface area contributed by atoms with Crippen molar-refractivity contribution >= 4 is 6.09 Å². The van der Waals surface area contributed by atoms with Gasteiger partial charge < -0.3 is 4.74 Å². The second kappa shape index (κ2) is 6.36. The molecule has 0 bridgehead atoms. The minimum Gasteiger partial charge on any atom is -0.446 e. The topological polar surface area (TPSA) is 29.5 Å². The van der Waals surface area contributed by atoms with E-state index < -0.39 is 0 Å². The summed E-state index contributed by atoms with van der Waals surface area (Å²) in [7, 11) is 0. The molecule has 0 N–H and O–H groups in total. The van der Waals surface area contributed by atoms with E-state index in [4.69, 9.17) is 4.74 Å². The Kier molecular flexibility index (Phi) is 4.11. The molecule has 0 saturated carbocycles. The Morgan fingerprint density at radius 3 is 2.59 bits per heavy atom. The van der Waals surface area contributed by atoms with Crippen LogP contribution in [0.1, 0.15) is 16.7 Å². The number of cyclic esters (lactones) is 1. The number of carbonyl (C=O) groups is 1. The SMILES string of the molecule is Cc1ccc(C#CN2C(=O)OC[C@@H]2Cc2ccccc2)cc1. The average Bonchev–Trinajstić information content (AvgIpc) is 2.88. The summed E-state index contributed by atoms with van der Waals surface area (Å²) in [5, 5.41) is 0. The highest BCUT2D eigenvalue weighted by molar-refractivity contribution is 5.72. The Hall–Kier alpha value is -2.73. The summed E-state index contributed by atoms with van der Waals surface area (Å²) in [6, 6.07) is 20.9. The fourth-order valence-corrected chi connectivity index (χ4v) is 2.40. The van der Waals surface area contributed by atoms with Crippen LogP contribution in [0.4, 0.5) is 4.79 Å². The predicted octanol–water partition coefficient (Wildman–Crippen LogP) is 3.37. The van der Waals surface area contributed by atoms with Crippen molar-refractivity contribution in [2.24, 2.45) is 0 Å². The number of nitrogens with zero attached hydrogens (tertiary/aromatic N) is 1. The summed E-state index contributed by atoms with van der Waals surface area (Å²) < 4.78 is 5.14. The zero-order valence-corrected chi connectivity index (χ0v) is 12.5. The Balaban J connectivity index is 1.75. The van der Waals surface area contributed by atoms with Crippen molar-refractivity contribution in [1.82, 2.24) is 4.90 Å². The third-order valence-corrected chi connectivity index (χ3v) is 3.65. The predicted molar refractivity (Wildman–Crippen MR) is 85.2 cm³/mol. The third-order valence-electron chi connectivity index (χ3n) is 3.65. The van der Waals surface area contributed by atoms with E-state index in [2.05, 4.69) is 12.0 Å². The van der Waals surface area contributed by atoms with Crippen LogP contribution in [0.15, 0.2) is 54.6 Å². The molecule has 1 aliphatic heterocycles. The molecule has 22 heavy (non-hydrogen) atoms. The highest BCUT2D eigenvalue weighted by atomic mass is 16.6. The molecule has 1 aliphatic rings. The summed E-state index contributed by atoms with van der Waals surface area (Å²) >= 11 is 0. The van der Waals surface area contributed by atoms with Crippen molar-refractivity contribution in [3.05, 3.63) is 71.3 Å². The fraction of sp³-hybridized carbons (Fsp3) is 0.211. The van der Waals surface area contributed by atoms with Gasteiger partial charge in [0.25, 0.3) is 0 Å². The van der Waals surface area contributed by atoms with Crippen LogP contribution < -0.4 is 0 Å². The lowest BCUT2D eigenvalue weighted by molar-refractivity contribution is 0.167. The van der Waals surface area contributed by atoms with E-state index in [9.17, 15) is 4.79 Å². The molecule has 3 rings (SSSR count). The minimum atomic E-state index is -0.361. The molecule has 0 unspecified atom stereocenters. The molecular weight excluding hydrogens is 274 g/mol. The van der Waals surface area contributed by atoms with Gasteiger partial charge in [0.1, 0.15) is 6.61 Å². The van der Waals surface area contributed by atoms with Gasteiger partial charge >= 0.3 is 6.09 Å². The summed E-state index contributed by atoms with van der Waals surface area (Å²) in [6.07, 6.45) is 0.385. The molecule has 3 heteroatoms. The monoisotopic (exact) mass is 291 g/mol. The number of hydrogen-bond acceptors (Lipinski definition) is 2.